The maximum absolute atomic E-state index is 13.0. The van der Waals surface area contributed by atoms with Gasteiger partial charge in [-0.2, -0.15) is 0 Å². The summed E-state index contributed by atoms with van der Waals surface area (Å²) in [6.07, 6.45) is 1.86. The first-order valence-electron chi connectivity index (χ1n) is 11.6. The van der Waals surface area contributed by atoms with Gasteiger partial charge in [0.15, 0.2) is 11.5 Å². The van der Waals surface area contributed by atoms with Crippen molar-refractivity contribution < 1.29 is 23.1 Å². The number of furan rings is 2. The lowest BCUT2D eigenvalue weighted by atomic mass is 10.2. The van der Waals surface area contributed by atoms with E-state index in [4.69, 9.17) is 18.3 Å². The number of ketones is 1. The molecule has 0 unspecified atom stereocenters. The lowest BCUT2D eigenvalue weighted by molar-refractivity contribution is 0.0987. The van der Waals surface area contributed by atoms with E-state index < -0.39 is 0 Å². The molecule has 0 spiro atoms. The summed E-state index contributed by atoms with van der Waals surface area (Å²) in [5.41, 5.74) is 1.22. The number of carbonyl (C=O) groups is 1. The van der Waals surface area contributed by atoms with Gasteiger partial charge in [-0.05, 0) is 77.4 Å². The zero-order valence-corrected chi connectivity index (χ0v) is 20.3. The molecule has 0 aliphatic rings. The summed E-state index contributed by atoms with van der Waals surface area (Å²) in [7, 11) is 8.15. The molecule has 2 heterocycles. The summed E-state index contributed by atoms with van der Waals surface area (Å²) in [6, 6.07) is 14.7. The average Bonchev–Trinajstić information content (AvgIpc) is 3.42. The first kappa shape index (κ1) is 23.9. The van der Waals surface area contributed by atoms with Gasteiger partial charge >= 0.3 is 0 Å². The number of nitrogens with zero attached hydrogens (tertiary/aromatic N) is 2. The maximum atomic E-state index is 13.0. The van der Waals surface area contributed by atoms with E-state index in [0.717, 1.165) is 48.2 Å². The lowest BCUT2D eigenvalue weighted by Gasteiger charge is -2.10. The van der Waals surface area contributed by atoms with E-state index in [1.807, 2.05) is 64.6 Å². The molecule has 0 atom stereocenters. The third kappa shape index (κ3) is 5.98. The van der Waals surface area contributed by atoms with E-state index in [0.29, 0.717) is 24.4 Å². The molecule has 180 valence electrons. The van der Waals surface area contributed by atoms with Crippen LogP contribution in [-0.4, -0.2) is 70.1 Å². The Kier molecular flexibility index (Phi) is 7.55. The Morgan fingerprint density at radius 1 is 0.706 bits per heavy atom. The fourth-order valence-electron chi connectivity index (χ4n) is 3.69. The molecule has 0 bridgehead atoms. The fraction of sp³-hybridized carbons (Fsp3) is 0.370. The summed E-state index contributed by atoms with van der Waals surface area (Å²) < 4.78 is 23.3. The van der Waals surface area contributed by atoms with Crippen LogP contribution in [0.1, 0.15) is 29.2 Å². The molecule has 0 N–H and O–H groups in total. The molecule has 4 rings (SSSR count). The molecule has 2 aromatic carbocycles. The van der Waals surface area contributed by atoms with Crippen molar-refractivity contribution >= 4 is 27.7 Å². The number of carbonyl (C=O) groups excluding carboxylic acids is 1. The lowest BCUT2D eigenvalue weighted by Crippen LogP contribution is -2.15. The number of hydrogen-bond acceptors (Lipinski definition) is 7. The molecule has 34 heavy (non-hydrogen) atoms. The minimum Gasteiger partial charge on any atom is -0.493 e. The molecule has 4 aromatic rings. The van der Waals surface area contributed by atoms with E-state index in [2.05, 4.69) is 9.80 Å². The van der Waals surface area contributed by atoms with Crippen LogP contribution < -0.4 is 9.47 Å². The highest BCUT2D eigenvalue weighted by Crippen LogP contribution is 2.29. The highest BCUT2D eigenvalue weighted by molar-refractivity contribution is 6.09. The van der Waals surface area contributed by atoms with Gasteiger partial charge in [-0.25, -0.2) is 0 Å². The van der Waals surface area contributed by atoms with Crippen molar-refractivity contribution in [3.8, 4) is 11.5 Å². The van der Waals surface area contributed by atoms with Gasteiger partial charge in [0.2, 0.25) is 0 Å². The van der Waals surface area contributed by atoms with Crippen LogP contribution in [0.4, 0.5) is 0 Å². The fourth-order valence-corrected chi connectivity index (χ4v) is 3.69. The molecule has 0 saturated carbocycles. The zero-order chi connectivity index (χ0) is 24.1. The Labute approximate surface area is 199 Å². The molecule has 0 amide bonds. The van der Waals surface area contributed by atoms with Crippen LogP contribution in [0, 0.1) is 0 Å². The van der Waals surface area contributed by atoms with Crippen LogP contribution in [0.5, 0.6) is 11.5 Å². The van der Waals surface area contributed by atoms with E-state index >= 15 is 0 Å². The van der Waals surface area contributed by atoms with Crippen LogP contribution in [0.3, 0.4) is 0 Å². The van der Waals surface area contributed by atoms with Crippen LogP contribution >= 0.6 is 0 Å². The molecular weight excluding hydrogens is 432 g/mol. The highest BCUT2D eigenvalue weighted by Gasteiger charge is 2.19. The normalized spacial score (nSPS) is 11.7. The maximum Gasteiger partial charge on any atom is 0.263 e. The third-order valence-corrected chi connectivity index (χ3v) is 5.47. The minimum atomic E-state index is -0.297. The van der Waals surface area contributed by atoms with Crippen molar-refractivity contribution in [2.24, 2.45) is 0 Å². The predicted octanol–water partition coefficient (Wildman–Crippen LogP) is 5.07. The number of benzene rings is 2. The van der Waals surface area contributed by atoms with E-state index in [1.54, 1.807) is 12.1 Å². The van der Waals surface area contributed by atoms with Gasteiger partial charge in [-0.15, -0.1) is 0 Å². The second-order valence-electron chi connectivity index (χ2n) is 8.96. The summed E-state index contributed by atoms with van der Waals surface area (Å²) in [5, 5.41) is 1.68. The van der Waals surface area contributed by atoms with Crippen molar-refractivity contribution in [3.63, 3.8) is 0 Å². The van der Waals surface area contributed by atoms with E-state index in [9.17, 15) is 4.79 Å². The van der Waals surface area contributed by atoms with Crippen molar-refractivity contribution in [1.29, 1.82) is 0 Å². The smallest absolute Gasteiger partial charge is 0.263 e. The minimum absolute atomic E-state index is 0.235. The second kappa shape index (κ2) is 10.8. The quantitative estimate of drug-likeness (QED) is 0.214. The standard InChI is InChI=1S/C27H32N2O5/c1-28(2)11-5-13-31-21-9-7-19-15-25(33-23(19)17-21)27(30)26-16-20-8-10-22(18-24(20)34-26)32-14-6-12-29(3)4/h7-10,15-18H,5-6,11-14H2,1-4H3. The molecular formula is C27H32N2O5. The molecule has 0 saturated heterocycles. The molecule has 2 aromatic heterocycles. The highest BCUT2D eigenvalue weighted by atomic mass is 16.5. The van der Waals surface area contributed by atoms with Crippen LogP contribution in [0.25, 0.3) is 21.9 Å². The second-order valence-corrected chi connectivity index (χ2v) is 8.96. The van der Waals surface area contributed by atoms with Gasteiger partial charge in [0.1, 0.15) is 22.7 Å². The number of hydrogen-bond donors (Lipinski definition) is 0. The van der Waals surface area contributed by atoms with Crippen molar-refractivity contribution in [1.82, 2.24) is 9.80 Å². The van der Waals surface area contributed by atoms with Gasteiger partial charge in [0, 0.05) is 36.0 Å². The van der Waals surface area contributed by atoms with Crippen molar-refractivity contribution in [3.05, 3.63) is 60.1 Å². The van der Waals surface area contributed by atoms with Gasteiger partial charge in [-0.1, -0.05) is 0 Å². The third-order valence-electron chi connectivity index (χ3n) is 5.47. The molecule has 0 radical (unpaired) electrons. The predicted molar refractivity (Wildman–Crippen MR) is 133 cm³/mol. The molecule has 0 fully saturated rings. The number of fused-ring (bicyclic) bond motifs is 2. The summed E-state index contributed by atoms with van der Waals surface area (Å²) >= 11 is 0. The van der Waals surface area contributed by atoms with Crippen LogP contribution in [0.2, 0.25) is 0 Å². The first-order valence-corrected chi connectivity index (χ1v) is 11.6. The van der Waals surface area contributed by atoms with Gasteiger partial charge in [0.05, 0.1) is 13.2 Å². The van der Waals surface area contributed by atoms with Gasteiger partial charge < -0.3 is 28.1 Å². The van der Waals surface area contributed by atoms with Crippen LogP contribution in [0.15, 0.2) is 57.4 Å². The summed E-state index contributed by atoms with van der Waals surface area (Å²) in [4.78, 5) is 17.3. The largest absolute Gasteiger partial charge is 0.493 e. The van der Waals surface area contributed by atoms with Crippen molar-refractivity contribution in [2.75, 3.05) is 54.5 Å². The SMILES string of the molecule is CN(C)CCCOc1ccc2cc(C(=O)c3cc4ccc(OCCCN(C)C)cc4o3)oc2c1. The Bertz CT molecular complexity index is 1160. The summed E-state index contributed by atoms with van der Waals surface area (Å²) in [5.74, 6) is 1.62. The monoisotopic (exact) mass is 464 g/mol. The Morgan fingerprint density at radius 2 is 1.15 bits per heavy atom. The molecule has 0 aliphatic heterocycles. The van der Waals surface area contributed by atoms with Crippen molar-refractivity contribution in [2.45, 2.75) is 12.8 Å². The Hall–Kier alpha value is -3.29. The Balaban J connectivity index is 1.44. The zero-order valence-electron chi connectivity index (χ0n) is 20.3. The first-order chi connectivity index (χ1) is 16.4. The average molecular weight is 465 g/mol. The summed E-state index contributed by atoms with van der Waals surface area (Å²) in [6.45, 7) is 3.17. The topological polar surface area (TPSA) is 68.3 Å². The molecule has 0 aliphatic carbocycles. The Morgan fingerprint density at radius 3 is 1.56 bits per heavy atom. The molecule has 7 nitrogen and oxygen atoms in total. The van der Waals surface area contributed by atoms with Crippen LogP contribution in [-0.2, 0) is 0 Å². The molecule has 7 heteroatoms. The number of rotatable bonds is 12. The van der Waals surface area contributed by atoms with Gasteiger partial charge in [-0.3, -0.25) is 4.79 Å². The van der Waals surface area contributed by atoms with E-state index in [1.165, 1.54) is 0 Å². The van der Waals surface area contributed by atoms with Gasteiger partial charge in [0.25, 0.3) is 5.78 Å². The van der Waals surface area contributed by atoms with E-state index in [-0.39, 0.29) is 17.3 Å². The number of ether oxygens (including phenoxy) is 2.